The average molecular weight is 417 g/mol. The first-order valence-electron chi connectivity index (χ1n) is 11.4. The Hall–Kier alpha value is -2.83. The van der Waals surface area contributed by atoms with Gasteiger partial charge in [0.1, 0.15) is 0 Å². The highest BCUT2D eigenvalue weighted by molar-refractivity contribution is 5.53. The fourth-order valence-electron chi connectivity index (χ4n) is 3.90. The van der Waals surface area contributed by atoms with E-state index in [1.54, 1.807) is 4.80 Å². The second-order valence-electron chi connectivity index (χ2n) is 8.09. The van der Waals surface area contributed by atoms with E-state index in [-0.39, 0.29) is 0 Å². The van der Waals surface area contributed by atoms with Crippen LogP contribution in [0.15, 0.2) is 66.7 Å². The van der Waals surface area contributed by atoms with Crippen molar-refractivity contribution >= 4 is 6.08 Å². The molecule has 0 amide bonds. The summed E-state index contributed by atoms with van der Waals surface area (Å²) in [7, 11) is 0. The third-order valence-corrected chi connectivity index (χ3v) is 5.76. The molecule has 31 heavy (non-hydrogen) atoms. The lowest BCUT2D eigenvalue weighted by atomic mass is 10.2. The normalized spacial score (nSPS) is 15.6. The fraction of sp³-hybridized carbons (Fsp3) is 0.400. The molecule has 2 aromatic carbocycles. The summed E-state index contributed by atoms with van der Waals surface area (Å²) in [5.74, 6) is 0.706. The Morgan fingerprint density at radius 2 is 1.42 bits per heavy atom. The number of aryl methyl sites for hydroxylation is 1. The highest BCUT2D eigenvalue weighted by Crippen LogP contribution is 2.12. The van der Waals surface area contributed by atoms with E-state index >= 15 is 0 Å². The van der Waals surface area contributed by atoms with Gasteiger partial charge in [-0.3, -0.25) is 4.90 Å². The molecule has 162 valence electrons. The van der Waals surface area contributed by atoms with Gasteiger partial charge in [0.05, 0.1) is 6.54 Å². The predicted octanol–water partition coefficient (Wildman–Crippen LogP) is 3.84. The van der Waals surface area contributed by atoms with Crippen LogP contribution in [0, 0.1) is 0 Å². The Kier molecular flexibility index (Phi) is 7.96. The standard InChI is InChI=1S/C25H32N6/c1-4-11-23(12-5-1)13-10-17-30-21-19-29(20-22-30)16-8-3-9-18-31-27-25(26-28-31)24-14-6-2-7-15-24/h1-2,4-7,10-15H,3,8-9,16-22H2/b13-10+. The Morgan fingerprint density at radius 1 is 0.742 bits per heavy atom. The molecule has 6 nitrogen and oxygen atoms in total. The molecule has 3 aromatic rings. The van der Waals surface area contributed by atoms with Crippen LogP contribution in [0.4, 0.5) is 0 Å². The lowest BCUT2D eigenvalue weighted by molar-refractivity contribution is 0.140. The number of unbranched alkanes of at least 4 members (excludes halogenated alkanes) is 2. The molecule has 1 saturated heterocycles. The Morgan fingerprint density at radius 3 is 2.19 bits per heavy atom. The second-order valence-corrected chi connectivity index (χ2v) is 8.09. The fourth-order valence-corrected chi connectivity index (χ4v) is 3.90. The molecule has 2 heterocycles. The Balaban J connectivity index is 1.07. The largest absolute Gasteiger partial charge is 0.301 e. The van der Waals surface area contributed by atoms with Crippen molar-refractivity contribution < 1.29 is 0 Å². The van der Waals surface area contributed by atoms with Gasteiger partial charge in [-0.15, -0.1) is 10.2 Å². The molecule has 0 aliphatic carbocycles. The van der Waals surface area contributed by atoms with Crippen LogP contribution in [-0.2, 0) is 6.54 Å². The van der Waals surface area contributed by atoms with Gasteiger partial charge in [-0.2, -0.15) is 4.80 Å². The molecule has 0 bridgehead atoms. The lowest BCUT2D eigenvalue weighted by Gasteiger charge is -2.34. The molecule has 0 spiro atoms. The van der Waals surface area contributed by atoms with Crippen LogP contribution in [0.5, 0.6) is 0 Å². The van der Waals surface area contributed by atoms with E-state index in [2.05, 4.69) is 67.7 Å². The summed E-state index contributed by atoms with van der Waals surface area (Å²) < 4.78 is 0. The predicted molar refractivity (Wildman–Crippen MR) is 125 cm³/mol. The van der Waals surface area contributed by atoms with Crippen LogP contribution >= 0.6 is 0 Å². The third-order valence-electron chi connectivity index (χ3n) is 5.76. The first-order chi connectivity index (χ1) is 15.4. The van der Waals surface area contributed by atoms with E-state index in [0.29, 0.717) is 5.82 Å². The lowest BCUT2D eigenvalue weighted by Crippen LogP contribution is -2.46. The number of tetrazole rings is 1. The maximum Gasteiger partial charge on any atom is 0.204 e. The van der Waals surface area contributed by atoms with Crippen molar-refractivity contribution in [2.24, 2.45) is 0 Å². The molecule has 0 atom stereocenters. The van der Waals surface area contributed by atoms with Gasteiger partial charge in [0, 0.05) is 38.3 Å². The Bertz CT molecular complexity index is 913. The maximum atomic E-state index is 4.49. The molecule has 6 heteroatoms. The zero-order valence-electron chi connectivity index (χ0n) is 18.2. The zero-order valence-corrected chi connectivity index (χ0v) is 18.2. The van der Waals surface area contributed by atoms with Gasteiger partial charge in [-0.1, -0.05) is 79.2 Å². The quantitative estimate of drug-likeness (QED) is 0.470. The van der Waals surface area contributed by atoms with Crippen molar-refractivity contribution in [2.75, 3.05) is 39.3 Å². The van der Waals surface area contributed by atoms with E-state index in [1.807, 2.05) is 30.3 Å². The van der Waals surface area contributed by atoms with Gasteiger partial charge in [-0.25, -0.2) is 0 Å². The van der Waals surface area contributed by atoms with Crippen LogP contribution in [-0.4, -0.2) is 69.3 Å². The smallest absolute Gasteiger partial charge is 0.204 e. The molecule has 1 aliphatic rings. The van der Waals surface area contributed by atoms with Gasteiger partial charge in [0.15, 0.2) is 0 Å². The van der Waals surface area contributed by atoms with Crippen LogP contribution in [0.25, 0.3) is 17.5 Å². The summed E-state index contributed by atoms with van der Waals surface area (Å²) >= 11 is 0. The van der Waals surface area contributed by atoms with Crippen LogP contribution in [0.1, 0.15) is 24.8 Å². The first kappa shape index (κ1) is 21.4. The number of rotatable bonds is 10. The van der Waals surface area contributed by atoms with Gasteiger partial charge in [0.25, 0.3) is 0 Å². The number of aromatic nitrogens is 4. The van der Waals surface area contributed by atoms with Crippen molar-refractivity contribution in [1.29, 1.82) is 0 Å². The topological polar surface area (TPSA) is 50.1 Å². The van der Waals surface area contributed by atoms with E-state index in [0.717, 1.165) is 38.2 Å². The molecule has 0 unspecified atom stereocenters. The SMILES string of the molecule is C(=C\c1ccccc1)/CN1CCN(CCCCCn2nnc(-c3ccccc3)n2)CC1. The number of hydrogen-bond donors (Lipinski definition) is 0. The molecule has 0 N–H and O–H groups in total. The third kappa shape index (κ3) is 6.84. The van der Waals surface area contributed by atoms with Crippen molar-refractivity contribution in [3.63, 3.8) is 0 Å². The van der Waals surface area contributed by atoms with E-state index < -0.39 is 0 Å². The van der Waals surface area contributed by atoms with Crippen LogP contribution < -0.4 is 0 Å². The monoisotopic (exact) mass is 416 g/mol. The van der Waals surface area contributed by atoms with Gasteiger partial charge in [0.2, 0.25) is 5.82 Å². The van der Waals surface area contributed by atoms with E-state index in [4.69, 9.17) is 0 Å². The minimum atomic E-state index is 0.706. The summed E-state index contributed by atoms with van der Waals surface area (Å²) in [6, 6.07) is 20.5. The van der Waals surface area contributed by atoms with Gasteiger partial charge < -0.3 is 4.90 Å². The van der Waals surface area contributed by atoms with Crippen LogP contribution in [0.2, 0.25) is 0 Å². The summed E-state index contributed by atoms with van der Waals surface area (Å²) in [6.45, 7) is 7.72. The van der Waals surface area contributed by atoms with E-state index in [1.165, 1.54) is 38.0 Å². The molecule has 1 fully saturated rings. The minimum absolute atomic E-state index is 0.706. The summed E-state index contributed by atoms with van der Waals surface area (Å²) in [5, 5.41) is 12.8. The molecular formula is C25H32N6. The number of nitrogens with zero attached hydrogens (tertiary/aromatic N) is 6. The second kappa shape index (κ2) is 11.5. The summed E-state index contributed by atoms with van der Waals surface area (Å²) in [4.78, 5) is 6.86. The van der Waals surface area contributed by atoms with Crippen molar-refractivity contribution in [3.8, 4) is 11.4 Å². The van der Waals surface area contributed by atoms with Crippen molar-refractivity contribution in [2.45, 2.75) is 25.8 Å². The first-order valence-corrected chi connectivity index (χ1v) is 11.4. The average Bonchev–Trinajstić information content (AvgIpc) is 3.30. The highest BCUT2D eigenvalue weighted by atomic mass is 15.6. The van der Waals surface area contributed by atoms with Crippen LogP contribution in [0.3, 0.4) is 0 Å². The molecule has 1 aliphatic heterocycles. The number of piperazine rings is 1. The van der Waals surface area contributed by atoms with Crippen molar-refractivity contribution in [3.05, 3.63) is 72.3 Å². The van der Waals surface area contributed by atoms with Gasteiger partial charge in [-0.05, 0) is 30.2 Å². The van der Waals surface area contributed by atoms with E-state index in [9.17, 15) is 0 Å². The maximum absolute atomic E-state index is 4.49. The summed E-state index contributed by atoms with van der Waals surface area (Å²) in [5.41, 5.74) is 2.29. The summed E-state index contributed by atoms with van der Waals surface area (Å²) in [6.07, 6.45) is 8.02. The van der Waals surface area contributed by atoms with Crippen molar-refractivity contribution in [1.82, 2.24) is 30.0 Å². The zero-order chi connectivity index (χ0) is 21.1. The molecule has 4 rings (SSSR count). The highest BCUT2D eigenvalue weighted by Gasteiger charge is 2.15. The number of benzene rings is 2. The molecule has 0 radical (unpaired) electrons. The molecule has 1 aromatic heterocycles. The number of hydrogen-bond acceptors (Lipinski definition) is 5. The minimum Gasteiger partial charge on any atom is -0.301 e. The molecule has 0 saturated carbocycles. The molecular weight excluding hydrogens is 384 g/mol. The Labute approximate surface area is 185 Å². The van der Waals surface area contributed by atoms with Gasteiger partial charge >= 0.3 is 0 Å².